The number of para-hydroxylation sites is 1. The summed E-state index contributed by atoms with van der Waals surface area (Å²) in [6.45, 7) is 0. The summed E-state index contributed by atoms with van der Waals surface area (Å²) < 4.78 is 0. The molecule has 0 aliphatic carbocycles. The van der Waals surface area contributed by atoms with E-state index in [1.807, 2.05) is 30.3 Å². The van der Waals surface area contributed by atoms with Crippen LogP contribution in [0.4, 0.5) is 5.69 Å². The largest absolute Gasteiger partial charge is 0.399 e. The summed E-state index contributed by atoms with van der Waals surface area (Å²) in [5, 5.41) is 7.71. The number of oxime groups is 1. The summed E-state index contributed by atoms with van der Waals surface area (Å²) in [6.07, 6.45) is 0.696. The van der Waals surface area contributed by atoms with Crippen LogP contribution >= 0.6 is 23.2 Å². The second-order valence-corrected chi connectivity index (χ2v) is 5.58. The number of amides is 1. The van der Waals surface area contributed by atoms with Gasteiger partial charge in [-0.3, -0.25) is 4.79 Å². The number of hydrogen-bond acceptors (Lipinski definition) is 3. The summed E-state index contributed by atoms with van der Waals surface area (Å²) in [5.41, 5.74) is 2.17. The topological polar surface area (TPSA) is 50.7 Å². The number of anilines is 1. The highest BCUT2D eigenvalue weighted by atomic mass is 35.5. The smallest absolute Gasteiger partial charge is 0.224 e. The lowest BCUT2D eigenvalue weighted by molar-refractivity contribution is -0.116. The van der Waals surface area contributed by atoms with Crippen LogP contribution in [0.5, 0.6) is 0 Å². The molecule has 0 aliphatic heterocycles. The van der Waals surface area contributed by atoms with Crippen LogP contribution in [0.1, 0.15) is 18.4 Å². The summed E-state index contributed by atoms with van der Waals surface area (Å²) in [7, 11) is 1.46. The minimum atomic E-state index is -0.0972. The van der Waals surface area contributed by atoms with Crippen LogP contribution in [-0.4, -0.2) is 18.7 Å². The van der Waals surface area contributed by atoms with Gasteiger partial charge in [0.15, 0.2) is 0 Å². The fourth-order valence-electron chi connectivity index (χ4n) is 2.01. The first-order valence-corrected chi connectivity index (χ1v) is 7.76. The van der Waals surface area contributed by atoms with E-state index in [9.17, 15) is 4.79 Å². The number of nitrogens with one attached hydrogen (secondary N) is 1. The molecule has 2 aromatic carbocycles. The molecule has 0 atom stereocenters. The van der Waals surface area contributed by atoms with Gasteiger partial charge in [-0.15, -0.1) is 0 Å². The highest BCUT2D eigenvalue weighted by Crippen LogP contribution is 2.23. The van der Waals surface area contributed by atoms with E-state index in [0.717, 1.165) is 11.3 Å². The predicted octanol–water partition coefficient (Wildman–Crippen LogP) is 4.76. The van der Waals surface area contributed by atoms with Crippen molar-refractivity contribution in [2.24, 2.45) is 5.16 Å². The first-order valence-electron chi connectivity index (χ1n) is 7.00. The van der Waals surface area contributed by atoms with Gasteiger partial charge in [0.05, 0.1) is 15.8 Å². The number of hydrogen-bond donors (Lipinski definition) is 1. The molecule has 0 bridgehead atoms. The van der Waals surface area contributed by atoms with Gasteiger partial charge in [-0.05, 0) is 24.3 Å². The van der Waals surface area contributed by atoms with Gasteiger partial charge < -0.3 is 10.2 Å². The average Bonchev–Trinajstić information content (AvgIpc) is 2.55. The molecule has 0 unspecified atom stereocenters. The van der Waals surface area contributed by atoms with Crippen molar-refractivity contribution in [2.45, 2.75) is 12.8 Å². The maximum atomic E-state index is 12.0. The second kappa shape index (κ2) is 8.56. The third-order valence-corrected chi connectivity index (χ3v) is 3.84. The Balaban J connectivity index is 2.01. The molecule has 0 spiro atoms. The molecule has 4 nitrogen and oxygen atoms in total. The molecule has 120 valence electrons. The fourth-order valence-corrected chi connectivity index (χ4v) is 2.30. The minimum Gasteiger partial charge on any atom is -0.399 e. The zero-order valence-electron chi connectivity index (χ0n) is 12.6. The Labute approximate surface area is 145 Å². The molecular formula is C17H16Cl2N2O2. The molecule has 0 saturated heterocycles. The first-order chi connectivity index (χ1) is 11.1. The van der Waals surface area contributed by atoms with Crippen LogP contribution in [-0.2, 0) is 9.63 Å². The number of rotatable bonds is 6. The van der Waals surface area contributed by atoms with E-state index in [1.165, 1.54) is 7.11 Å². The van der Waals surface area contributed by atoms with Gasteiger partial charge in [0, 0.05) is 24.1 Å². The van der Waals surface area contributed by atoms with Gasteiger partial charge in [-0.1, -0.05) is 52.6 Å². The lowest BCUT2D eigenvalue weighted by Crippen LogP contribution is -2.14. The van der Waals surface area contributed by atoms with Crippen molar-refractivity contribution in [1.29, 1.82) is 0 Å². The van der Waals surface area contributed by atoms with Crippen molar-refractivity contribution in [3.05, 3.63) is 64.1 Å². The van der Waals surface area contributed by atoms with Crippen molar-refractivity contribution in [2.75, 3.05) is 12.4 Å². The maximum Gasteiger partial charge on any atom is 0.224 e. The molecule has 2 rings (SSSR count). The molecule has 0 heterocycles. The van der Waals surface area contributed by atoms with E-state index in [1.54, 1.807) is 18.2 Å². The number of carbonyl (C=O) groups is 1. The van der Waals surface area contributed by atoms with Crippen molar-refractivity contribution in [1.82, 2.24) is 0 Å². The molecule has 2 aromatic rings. The van der Waals surface area contributed by atoms with Gasteiger partial charge in [0.1, 0.15) is 7.11 Å². The molecule has 6 heteroatoms. The van der Waals surface area contributed by atoms with Crippen LogP contribution < -0.4 is 5.32 Å². The van der Waals surface area contributed by atoms with E-state index < -0.39 is 0 Å². The summed E-state index contributed by atoms with van der Waals surface area (Å²) in [5.74, 6) is -0.0972. The fraction of sp³-hybridized carbons (Fsp3) is 0.176. The Bertz CT molecular complexity index is 703. The molecule has 1 N–H and O–H groups in total. The molecular weight excluding hydrogens is 335 g/mol. The second-order valence-electron chi connectivity index (χ2n) is 4.76. The van der Waals surface area contributed by atoms with Crippen molar-refractivity contribution in [3.63, 3.8) is 0 Å². The van der Waals surface area contributed by atoms with Gasteiger partial charge in [0.25, 0.3) is 0 Å². The average molecular weight is 351 g/mol. The number of benzene rings is 2. The number of nitrogens with zero attached hydrogens (tertiary/aromatic N) is 1. The maximum absolute atomic E-state index is 12.0. The van der Waals surface area contributed by atoms with Crippen LogP contribution in [0.25, 0.3) is 0 Å². The highest BCUT2D eigenvalue weighted by Gasteiger charge is 2.11. The Kier molecular flexibility index (Phi) is 6.44. The van der Waals surface area contributed by atoms with E-state index in [-0.39, 0.29) is 12.3 Å². The van der Waals surface area contributed by atoms with Crippen LogP contribution in [0.2, 0.25) is 10.0 Å². The highest BCUT2D eigenvalue weighted by molar-refractivity contribution is 6.42. The molecule has 0 radical (unpaired) electrons. The molecule has 1 amide bonds. The molecule has 0 aliphatic rings. The van der Waals surface area contributed by atoms with Crippen molar-refractivity contribution >= 4 is 40.5 Å². The minimum absolute atomic E-state index is 0.0972. The van der Waals surface area contributed by atoms with Gasteiger partial charge >= 0.3 is 0 Å². The Hall–Kier alpha value is -2.04. The molecule has 0 saturated carbocycles. The lowest BCUT2D eigenvalue weighted by atomic mass is 10.1. The van der Waals surface area contributed by atoms with Crippen LogP contribution in [0, 0.1) is 0 Å². The molecule has 0 aromatic heterocycles. The van der Waals surface area contributed by atoms with E-state index >= 15 is 0 Å². The molecule has 0 fully saturated rings. The van der Waals surface area contributed by atoms with E-state index in [4.69, 9.17) is 28.0 Å². The van der Waals surface area contributed by atoms with Gasteiger partial charge in [-0.2, -0.15) is 0 Å². The third-order valence-electron chi connectivity index (χ3n) is 3.10. The Morgan fingerprint density at radius 2 is 1.83 bits per heavy atom. The summed E-state index contributed by atoms with van der Waals surface area (Å²) >= 11 is 11.9. The standard InChI is InChI=1S/C17H16Cl2N2O2/c1-23-21-16(12-7-8-14(18)15(19)11-12)9-10-17(22)20-13-5-3-2-4-6-13/h2-8,11H,9-10H2,1H3,(H,20,22). The quantitative estimate of drug-likeness (QED) is 0.602. The normalized spacial score (nSPS) is 11.2. The Morgan fingerprint density at radius 1 is 1.09 bits per heavy atom. The molecule has 23 heavy (non-hydrogen) atoms. The van der Waals surface area contributed by atoms with Gasteiger partial charge in [-0.25, -0.2) is 0 Å². The summed E-state index contributed by atoms with van der Waals surface area (Å²) in [6, 6.07) is 14.5. The zero-order valence-corrected chi connectivity index (χ0v) is 14.1. The van der Waals surface area contributed by atoms with Gasteiger partial charge in [0.2, 0.25) is 5.91 Å². The third kappa shape index (κ3) is 5.27. The van der Waals surface area contributed by atoms with E-state index in [0.29, 0.717) is 22.2 Å². The van der Waals surface area contributed by atoms with Crippen molar-refractivity contribution in [3.8, 4) is 0 Å². The zero-order chi connectivity index (χ0) is 16.7. The number of carbonyl (C=O) groups excluding carboxylic acids is 1. The number of halogens is 2. The van der Waals surface area contributed by atoms with Crippen molar-refractivity contribution < 1.29 is 9.63 Å². The first kappa shape index (κ1) is 17.3. The van der Waals surface area contributed by atoms with Crippen LogP contribution in [0.15, 0.2) is 53.7 Å². The van der Waals surface area contributed by atoms with E-state index in [2.05, 4.69) is 10.5 Å². The predicted molar refractivity (Wildman–Crippen MR) is 94.3 cm³/mol. The SMILES string of the molecule is CON=C(CCC(=O)Nc1ccccc1)c1ccc(Cl)c(Cl)c1. The Morgan fingerprint density at radius 3 is 2.48 bits per heavy atom. The summed E-state index contributed by atoms with van der Waals surface area (Å²) in [4.78, 5) is 16.9. The lowest BCUT2D eigenvalue weighted by Gasteiger charge is -2.08. The van der Waals surface area contributed by atoms with Crippen LogP contribution in [0.3, 0.4) is 0 Å². The monoisotopic (exact) mass is 350 g/mol.